The first kappa shape index (κ1) is 24.3. The molecule has 1 N–H and O–H groups in total. The second kappa shape index (κ2) is 11.1. The molecule has 180 valence electrons. The first-order valence-electron chi connectivity index (χ1n) is 12.1. The van der Waals surface area contributed by atoms with Gasteiger partial charge in [-0.15, -0.1) is 0 Å². The summed E-state index contributed by atoms with van der Waals surface area (Å²) >= 11 is 0. The molecule has 0 amide bonds. The highest BCUT2D eigenvalue weighted by molar-refractivity contribution is 5.53. The number of rotatable bonds is 8. The fourth-order valence-corrected chi connectivity index (χ4v) is 4.68. The summed E-state index contributed by atoms with van der Waals surface area (Å²) in [7, 11) is 1.72. The molecule has 2 aromatic carbocycles. The van der Waals surface area contributed by atoms with Crippen molar-refractivity contribution in [2.24, 2.45) is 0 Å². The summed E-state index contributed by atoms with van der Waals surface area (Å²) in [5.41, 5.74) is 6.92. The monoisotopic (exact) mass is 460 g/mol. The molecule has 0 spiro atoms. The number of aryl methyl sites for hydroxylation is 3. The van der Waals surface area contributed by atoms with E-state index in [9.17, 15) is 5.11 Å². The highest BCUT2D eigenvalue weighted by atomic mass is 16.5. The molecule has 6 nitrogen and oxygen atoms in total. The number of aliphatic hydroxyl groups excluding tert-OH is 1. The van der Waals surface area contributed by atoms with Crippen molar-refractivity contribution in [1.29, 1.82) is 0 Å². The molecule has 0 aliphatic carbocycles. The van der Waals surface area contributed by atoms with E-state index >= 15 is 0 Å². The maximum absolute atomic E-state index is 10.7. The van der Waals surface area contributed by atoms with E-state index in [2.05, 4.69) is 41.8 Å². The van der Waals surface area contributed by atoms with Crippen LogP contribution in [0.25, 0.3) is 0 Å². The molecular formula is C28H36N4O2. The minimum atomic E-state index is -0.470. The Kier molecular flexibility index (Phi) is 7.93. The summed E-state index contributed by atoms with van der Waals surface area (Å²) in [5.74, 6) is 1.79. The molecular weight excluding hydrogens is 424 g/mol. The van der Waals surface area contributed by atoms with Gasteiger partial charge >= 0.3 is 0 Å². The van der Waals surface area contributed by atoms with Gasteiger partial charge in [0.2, 0.25) is 0 Å². The van der Waals surface area contributed by atoms with Gasteiger partial charge in [-0.2, -0.15) is 0 Å². The van der Waals surface area contributed by atoms with Crippen LogP contribution in [0.1, 0.15) is 45.4 Å². The van der Waals surface area contributed by atoms with Crippen LogP contribution in [-0.4, -0.2) is 59.8 Å². The standard InChI is InChI=1S/C28H36N4O2/c1-20-10-11-21(2)24(16-20)17-25-26(19-34-4)29-22(3)30-28(25)32-14-12-31(13-15-32)18-27(33)23-8-6-5-7-9-23/h5-11,16,27,33H,12-15,17-19H2,1-4H3. The molecule has 0 saturated carbocycles. The molecule has 0 bridgehead atoms. The van der Waals surface area contributed by atoms with Crippen LogP contribution >= 0.6 is 0 Å². The van der Waals surface area contributed by atoms with Crippen molar-refractivity contribution in [1.82, 2.24) is 14.9 Å². The van der Waals surface area contributed by atoms with E-state index in [0.717, 1.165) is 61.1 Å². The third-order valence-corrected chi connectivity index (χ3v) is 6.62. The third-order valence-electron chi connectivity index (χ3n) is 6.62. The normalized spacial score (nSPS) is 15.5. The second-order valence-electron chi connectivity index (χ2n) is 9.27. The Balaban J connectivity index is 1.54. The minimum absolute atomic E-state index is 0.470. The molecule has 3 aromatic rings. The number of aliphatic hydroxyl groups is 1. The number of nitrogens with zero attached hydrogens (tertiary/aromatic N) is 4. The maximum Gasteiger partial charge on any atom is 0.136 e. The van der Waals surface area contributed by atoms with E-state index in [1.807, 2.05) is 37.3 Å². The molecule has 1 aliphatic rings. The van der Waals surface area contributed by atoms with E-state index in [1.54, 1.807) is 7.11 Å². The molecule has 1 aliphatic heterocycles. The molecule has 1 fully saturated rings. The molecule has 0 radical (unpaired) electrons. The van der Waals surface area contributed by atoms with E-state index < -0.39 is 6.10 Å². The van der Waals surface area contributed by atoms with Gasteiger partial charge in [-0.3, -0.25) is 4.90 Å². The number of aromatic nitrogens is 2. The lowest BCUT2D eigenvalue weighted by molar-refractivity contribution is 0.109. The minimum Gasteiger partial charge on any atom is -0.387 e. The van der Waals surface area contributed by atoms with Gasteiger partial charge in [0.05, 0.1) is 18.4 Å². The van der Waals surface area contributed by atoms with Crippen molar-refractivity contribution in [3.63, 3.8) is 0 Å². The summed E-state index contributed by atoms with van der Waals surface area (Å²) < 4.78 is 5.52. The van der Waals surface area contributed by atoms with Gasteiger partial charge in [-0.05, 0) is 37.5 Å². The van der Waals surface area contributed by atoms with Crippen LogP contribution in [0, 0.1) is 20.8 Å². The predicted octanol–water partition coefficient (Wildman–Crippen LogP) is 3.99. The van der Waals surface area contributed by atoms with Gasteiger partial charge in [-0.1, -0.05) is 54.1 Å². The quantitative estimate of drug-likeness (QED) is 0.548. The Hall–Kier alpha value is -2.80. The molecule has 4 rings (SSSR count). The first-order chi connectivity index (χ1) is 16.4. The van der Waals surface area contributed by atoms with Crippen molar-refractivity contribution in [3.05, 3.63) is 87.9 Å². The lowest BCUT2D eigenvalue weighted by atomic mass is 9.97. The number of β-amino-alcohol motifs (C(OH)–C–C–N with tert-alkyl or cyclic N) is 1. The van der Waals surface area contributed by atoms with Crippen molar-refractivity contribution < 1.29 is 9.84 Å². The number of methoxy groups -OCH3 is 1. The SMILES string of the molecule is COCc1nc(C)nc(N2CCN(CC(O)c3ccccc3)CC2)c1Cc1cc(C)ccc1C. The fraction of sp³-hybridized carbons (Fsp3) is 0.429. The summed E-state index contributed by atoms with van der Waals surface area (Å²) in [6.45, 7) is 10.9. The van der Waals surface area contributed by atoms with E-state index in [-0.39, 0.29) is 0 Å². The van der Waals surface area contributed by atoms with E-state index in [0.29, 0.717) is 13.2 Å². The number of ether oxygens (including phenoxy) is 1. The molecule has 1 atom stereocenters. The topological polar surface area (TPSA) is 61.7 Å². The Morgan fingerprint density at radius 2 is 1.71 bits per heavy atom. The van der Waals surface area contributed by atoms with Crippen molar-refractivity contribution >= 4 is 5.82 Å². The zero-order valence-corrected chi connectivity index (χ0v) is 20.8. The van der Waals surface area contributed by atoms with Crippen LogP contribution in [-0.2, 0) is 17.8 Å². The first-order valence-corrected chi connectivity index (χ1v) is 12.1. The van der Waals surface area contributed by atoms with Crippen molar-refractivity contribution in [2.75, 3.05) is 44.7 Å². The number of piperazine rings is 1. The number of benzene rings is 2. The van der Waals surface area contributed by atoms with E-state index in [4.69, 9.17) is 14.7 Å². The molecule has 2 heterocycles. The zero-order chi connectivity index (χ0) is 24.1. The van der Waals surface area contributed by atoms with Gasteiger partial charge < -0.3 is 14.7 Å². The number of hydrogen-bond acceptors (Lipinski definition) is 6. The van der Waals surface area contributed by atoms with Gasteiger partial charge in [0, 0.05) is 51.8 Å². The molecule has 1 aromatic heterocycles. The summed E-state index contributed by atoms with van der Waals surface area (Å²) in [5, 5.41) is 10.7. The zero-order valence-electron chi connectivity index (χ0n) is 20.8. The highest BCUT2D eigenvalue weighted by Crippen LogP contribution is 2.28. The van der Waals surface area contributed by atoms with Crippen LogP contribution in [0.4, 0.5) is 5.82 Å². The maximum atomic E-state index is 10.7. The van der Waals surface area contributed by atoms with Gasteiger partial charge in [-0.25, -0.2) is 9.97 Å². The van der Waals surface area contributed by atoms with Gasteiger partial charge in [0.1, 0.15) is 11.6 Å². The average Bonchev–Trinajstić information content (AvgIpc) is 2.84. The van der Waals surface area contributed by atoms with Crippen LogP contribution in [0.2, 0.25) is 0 Å². The van der Waals surface area contributed by atoms with Crippen molar-refractivity contribution in [3.8, 4) is 0 Å². The van der Waals surface area contributed by atoms with Crippen LogP contribution < -0.4 is 4.90 Å². The lowest BCUT2D eigenvalue weighted by Gasteiger charge is -2.37. The van der Waals surface area contributed by atoms with E-state index in [1.165, 1.54) is 16.7 Å². The molecule has 1 unspecified atom stereocenters. The van der Waals surface area contributed by atoms with Gasteiger partial charge in [0.15, 0.2) is 0 Å². The summed E-state index contributed by atoms with van der Waals surface area (Å²) in [4.78, 5) is 14.4. The Morgan fingerprint density at radius 3 is 2.41 bits per heavy atom. The fourth-order valence-electron chi connectivity index (χ4n) is 4.68. The summed E-state index contributed by atoms with van der Waals surface area (Å²) in [6, 6.07) is 16.5. The predicted molar refractivity (Wildman–Crippen MR) is 136 cm³/mol. The van der Waals surface area contributed by atoms with Crippen LogP contribution in [0.3, 0.4) is 0 Å². The van der Waals surface area contributed by atoms with Crippen LogP contribution in [0.5, 0.6) is 0 Å². The smallest absolute Gasteiger partial charge is 0.136 e. The highest BCUT2D eigenvalue weighted by Gasteiger charge is 2.25. The Bertz CT molecular complexity index is 1100. The van der Waals surface area contributed by atoms with Gasteiger partial charge in [0.25, 0.3) is 0 Å². The van der Waals surface area contributed by atoms with Crippen molar-refractivity contribution in [2.45, 2.75) is 39.9 Å². The average molecular weight is 461 g/mol. The number of hydrogen-bond donors (Lipinski definition) is 1. The molecule has 34 heavy (non-hydrogen) atoms. The third kappa shape index (κ3) is 5.81. The summed E-state index contributed by atoms with van der Waals surface area (Å²) in [6.07, 6.45) is 0.316. The Labute approximate surface area is 203 Å². The Morgan fingerprint density at radius 1 is 0.971 bits per heavy atom. The second-order valence-corrected chi connectivity index (χ2v) is 9.27. The molecule has 6 heteroatoms. The lowest BCUT2D eigenvalue weighted by Crippen LogP contribution is -2.48. The largest absolute Gasteiger partial charge is 0.387 e. The van der Waals surface area contributed by atoms with Crippen LogP contribution in [0.15, 0.2) is 48.5 Å². The molecule has 1 saturated heterocycles. The number of anilines is 1.